The summed E-state index contributed by atoms with van der Waals surface area (Å²) in [6.45, 7) is 34.0. The first-order valence-corrected chi connectivity index (χ1v) is 16.3. The van der Waals surface area contributed by atoms with Crippen molar-refractivity contribution in [2.45, 2.75) is 112 Å². The molecule has 0 fully saturated rings. The molecule has 4 rings (SSSR count). The average molecular weight is 796 g/mol. The fourth-order valence-corrected chi connectivity index (χ4v) is 3.33. The molecule has 0 heterocycles. The van der Waals surface area contributed by atoms with Crippen LogP contribution in [-0.4, -0.2) is 0 Å². The molecule has 2 heteroatoms. The predicted molar refractivity (Wildman–Crippen MR) is 221 cm³/mol. The monoisotopic (exact) mass is 795 g/mol. The van der Waals surface area contributed by atoms with Crippen molar-refractivity contribution >= 4 is 11.1 Å². The van der Waals surface area contributed by atoms with Crippen LogP contribution >= 0.6 is 0 Å². The Morgan fingerprint density at radius 1 is 0.298 bits per heavy atom. The molecule has 266 valence electrons. The Hall–Kier alpha value is -1.17. The minimum absolute atomic E-state index is 0. The van der Waals surface area contributed by atoms with Crippen LogP contribution in [-0.2, 0) is 65.4 Å². The second kappa shape index (κ2) is 63.5. The standard InChI is InChI=1S/C26H20.6C2H6.2C2H5.2CH4.CH3.2Y/c1-5-13-21(14-6-1)25(22-15-7-2-8-16-22)26(23-17-9-3-10-18-23)24-19-11-4-12-20-24;8*1-2;;;;;/h1-20H;6*1-2H3;2*1H2,2H3;2*1H4;1H3;;/q;;;;;;;2*-1;;;-1;;. The Kier molecular flexibility index (Phi) is 96.9. The van der Waals surface area contributed by atoms with Crippen LogP contribution in [0.3, 0.4) is 0 Å². The van der Waals surface area contributed by atoms with E-state index in [1.807, 2.05) is 83.1 Å². The normalized spacial score (nSPS) is 6.72. The van der Waals surface area contributed by atoms with Crippen molar-refractivity contribution in [3.8, 4) is 0 Å². The van der Waals surface area contributed by atoms with Gasteiger partial charge in [0, 0.05) is 65.4 Å². The first kappa shape index (κ1) is 71.7. The fourth-order valence-electron chi connectivity index (χ4n) is 3.33. The van der Waals surface area contributed by atoms with Crippen molar-refractivity contribution in [1.82, 2.24) is 0 Å². The van der Waals surface area contributed by atoms with Crippen molar-refractivity contribution in [2.75, 3.05) is 0 Å². The van der Waals surface area contributed by atoms with Crippen molar-refractivity contribution in [2.24, 2.45) is 0 Å². The first-order chi connectivity index (χ1) is 20.9. The average Bonchev–Trinajstić information content (AvgIpc) is 3.15. The molecule has 0 saturated carbocycles. The van der Waals surface area contributed by atoms with E-state index in [0.717, 1.165) is 0 Å². The van der Waals surface area contributed by atoms with E-state index in [9.17, 15) is 0 Å². The predicted octanol–water partition coefficient (Wildman–Crippen LogP) is 16.2. The summed E-state index contributed by atoms with van der Waals surface area (Å²) in [5, 5.41) is 0. The van der Waals surface area contributed by atoms with Crippen LogP contribution in [0.5, 0.6) is 0 Å². The third-order valence-corrected chi connectivity index (χ3v) is 4.50. The molecular weight excluding hydrogens is 718 g/mol. The topological polar surface area (TPSA) is 0 Å². The SMILES string of the molecule is C.C.CC.CC.CC.CC.CC.CC.[CH2-]C.[CH2-]C.[CH3-].[Y].[Y].c1ccc(C(=C(c2ccccc2)c2ccccc2)c2ccccc2)cc1. The maximum absolute atomic E-state index is 3.25. The molecule has 0 nitrogen and oxygen atoms in total. The van der Waals surface area contributed by atoms with Gasteiger partial charge < -0.3 is 21.3 Å². The summed E-state index contributed by atoms with van der Waals surface area (Å²) in [4.78, 5) is 0. The van der Waals surface area contributed by atoms with Gasteiger partial charge in [-0.05, 0) is 33.4 Å². The molecule has 0 aliphatic heterocycles. The van der Waals surface area contributed by atoms with Crippen molar-refractivity contribution in [1.29, 1.82) is 0 Å². The zero-order chi connectivity index (χ0) is 33.6. The zero-order valence-electron chi connectivity index (χ0n) is 32.1. The molecule has 0 spiro atoms. The van der Waals surface area contributed by atoms with Gasteiger partial charge in [0.1, 0.15) is 0 Å². The number of hydrogen-bond donors (Lipinski definition) is 0. The van der Waals surface area contributed by atoms with Crippen LogP contribution in [0.25, 0.3) is 11.1 Å². The minimum Gasteiger partial charge on any atom is -0.358 e. The minimum atomic E-state index is 0. The summed E-state index contributed by atoms with van der Waals surface area (Å²) < 4.78 is 0. The largest absolute Gasteiger partial charge is 0.358 e. The third kappa shape index (κ3) is 31.8. The van der Waals surface area contributed by atoms with E-state index in [4.69, 9.17) is 0 Å². The van der Waals surface area contributed by atoms with E-state index in [0.29, 0.717) is 0 Å². The van der Waals surface area contributed by atoms with Crippen molar-refractivity contribution in [3.05, 3.63) is 165 Å². The molecule has 4 aromatic carbocycles. The molecular formula is C45H77Y2-3. The van der Waals surface area contributed by atoms with Crippen LogP contribution < -0.4 is 0 Å². The first-order valence-electron chi connectivity index (χ1n) is 16.3. The molecule has 0 aromatic heterocycles. The van der Waals surface area contributed by atoms with Gasteiger partial charge in [-0.25, -0.2) is 0 Å². The Morgan fingerprint density at radius 2 is 0.404 bits per heavy atom. The van der Waals surface area contributed by atoms with Gasteiger partial charge in [-0.2, -0.15) is 13.8 Å². The van der Waals surface area contributed by atoms with E-state index in [2.05, 4.69) is 135 Å². The van der Waals surface area contributed by atoms with Gasteiger partial charge in [0.05, 0.1) is 0 Å². The molecule has 0 N–H and O–H groups in total. The van der Waals surface area contributed by atoms with Crippen molar-refractivity contribution in [3.63, 3.8) is 0 Å². The van der Waals surface area contributed by atoms with Crippen LogP contribution in [0, 0.1) is 21.3 Å². The van der Waals surface area contributed by atoms with Crippen molar-refractivity contribution < 1.29 is 65.4 Å². The molecule has 0 unspecified atom stereocenters. The molecule has 0 aliphatic rings. The van der Waals surface area contributed by atoms with Gasteiger partial charge in [0.25, 0.3) is 0 Å². The zero-order valence-corrected chi connectivity index (χ0v) is 37.8. The van der Waals surface area contributed by atoms with Gasteiger partial charge >= 0.3 is 0 Å². The van der Waals surface area contributed by atoms with Gasteiger partial charge in [-0.15, -0.1) is 0 Å². The Bertz CT molecular complexity index is 827. The fraction of sp³-hybridized carbons (Fsp3) is 0.356. The molecule has 47 heavy (non-hydrogen) atoms. The summed E-state index contributed by atoms with van der Waals surface area (Å²) >= 11 is 0. The van der Waals surface area contributed by atoms with Crippen LogP contribution in [0.15, 0.2) is 121 Å². The van der Waals surface area contributed by atoms with E-state index in [-0.39, 0.29) is 87.7 Å². The molecule has 4 aromatic rings. The van der Waals surface area contributed by atoms with Crippen LogP contribution in [0.4, 0.5) is 0 Å². The maximum atomic E-state index is 3.25. The summed E-state index contributed by atoms with van der Waals surface area (Å²) in [5.41, 5.74) is 7.40. The third-order valence-electron chi connectivity index (χ3n) is 4.50. The van der Waals surface area contributed by atoms with Crippen LogP contribution in [0.1, 0.15) is 134 Å². The van der Waals surface area contributed by atoms with E-state index in [1.54, 1.807) is 13.8 Å². The smallest absolute Gasteiger partial charge is 0 e. The summed E-state index contributed by atoms with van der Waals surface area (Å²) in [6.07, 6.45) is 0. The Balaban J connectivity index is -0.0000000721. The number of rotatable bonds is 4. The van der Waals surface area contributed by atoms with E-state index in [1.165, 1.54) is 33.4 Å². The summed E-state index contributed by atoms with van der Waals surface area (Å²) in [6, 6.07) is 42.6. The quantitative estimate of drug-likeness (QED) is 0.143. The molecule has 0 atom stereocenters. The summed E-state index contributed by atoms with van der Waals surface area (Å²) in [5.74, 6) is 0. The molecule has 0 aliphatic carbocycles. The van der Waals surface area contributed by atoms with Gasteiger partial charge in [-0.1, -0.05) is 219 Å². The van der Waals surface area contributed by atoms with Gasteiger partial charge in [0.2, 0.25) is 0 Å². The Labute approximate surface area is 349 Å². The second-order valence-electron chi connectivity index (χ2n) is 6.21. The number of benzene rings is 4. The van der Waals surface area contributed by atoms with E-state index >= 15 is 0 Å². The van der Waals surface area contributed by atoms with Crippen LogP contribution in [0.2, 0.25) is 0 Å². The van der Waals surface area contributed by atoms with Gasteiger partial charge in [0.15, 0.2) is 0 Å². The maximum Gasteiger partial charge on any atom is 0 e. The summed E-state index contributed by atoms with van der Waals surface area (Å²) in [7, 11) is 0. The van der Waals surface area contributed by atoms with Gasteiger partial charge in [-0.3, -0.25) is 0 Å². The molecule has 0 bridgehead atoms. The number of hydrogen-bond acceptors (Lipinski definition) is 0. The molecule has 2 radical (unpaired) electrons. The molecule has 0 amide bonds. The molecule has 0 saturated heterocycles. The van der Waals surface area contributed by atoms with E-state index < -0.39 is 0 Å². The second-order valence-corrected chi connectivity index (χ2v) is 6.21. The Morgan fingerprint density at radius 3 is 0.511 bits per heavy atom.